The molecule has 3 rings (SSSR count). The second kappa shape index (κ2) is 5.61. The van der Waals surface area contributed by atoms with Gasteiger partial charge >= 0.3 is 0 Å². The van der Waals surface area contributed by atoms with Gasteiger partial charge in [0.15, 0.2) is 12.0 Å². The topological polar surface area (TPSA) is 34.6 Å². The summed E-state index contributed by atoms with van der Waals surface area (Å²) in [5.74, 6) is 1.63. The van der Waals surface area contributed by atoms with Gasteiger partial charge in [-0.1, -0.05) is 51.1 Å². The molecule has 0 spiro atoms. The number of hydrogen-bond acceptors (Lipinski definition) is 2. The molecule has 3 aromatic rings. The van der Waals surface area contributed by atoms with E-state index in [-0.39, 0.29) is 5.41 Å². The van der Waals surface area contributed by atoms with Gasteiger partial charge in [0.2, 0.25) is 11.5 Å². The summed E-state index contributed by atoms with van der Waals surface area (Å²) < 4.78 is 3.94. The number of aromatic nitrogens is 4. The molecule has 23 heavy (non-hydrogen) atoms. The SMILES string of the molecule is Cn1nc(-c2ccccc2)nc1-c1cc(C(C)(C)C)cc[n+]1C. The monoisotopic (exact) mass is 307 g/mol. The van der Waals surface area contributed by atoms with Crippen LogP contribution in [-0.4, -0.2) is 14.8 Å². The van der Waals surface area contributed by atoms with E-state index in [0.29, 0.717) is 0 Å². The maximum Gasteiger partial charge on any atom is 0.250 e. The van der Waals surface area contributed by atoms with Crippen LogP contribution in [0.15, 0.2) is 48.7 Å². The molecule has 0 aliphatic carbocycles. The maximum absolute atomic E-state index is 4.77. The van der Waals surface area contributed by atoms with E-state index in [4.69, 9.17) is 4.98 Å². The highest BCUT2D eigenvalue weighted by molar-refractivity contribution is 5.58. The van der Waals surface area contributed by atoms with Gasteiger partial charge in [0, 0.05) is 24.7 Å². The smallest absolute Gasteiger partial charge is 0.243 e. The quantitative estimate of drug-likeness (QED) is 0.681. The molecule has 0 atom stereocenters. The molecular formula is C19H23N4+. The van der Waals surface area contributed by atoms with Crippen LogP contribution in [0.5, 0.6) is 0 Å². The van der Waals surface area contributed by atoms with Crippen molar-refractivity contribution in [2.24, 2.45) is 14.1 Å². The third kappa shape index (κ3) is 3.02. The molecular weight excluding hydrogens is 284 g/mol. The van der Waals surface area contributed by atoms with Gasteiger partial charge in [-0.2, -0.15) is 9.67 Å². The van der Waals surface area contributed by atoms with Crippen LogP contribution in [0.25, 0.3) is 22.9 Å². The Labute approximate surface area is 137 Å². The number of aryl methyl sites for hydroxylation is 2. The Morgan fingerprint density at radius 2 is 1.74 bits per heavy atom. The number of hydrogen-bond donors (Lipinski definition) is 0. The van der Waals surface area contributed by atoms with Crippen molar-refractivity contribution in [1.82, 2.24) is 14.8 Å². The Morgan fingerprint density at radius 1 is 1.04 bits per heavy atom. The lowest BCUT2D eigenvalue weighted by Gasteiger charge is -2.18. The van der Waals surface area contributed by atoms with Crippen molar-refractivity contribution in [3.8, 4) is 22.9 Å². The molecule has 118 valence electrons. The Balaban J connectivity index is 2.11. The molecule has 0 aliphatic heterocycles. The minimum absolute atomic E-state index is 0.101. The molecule has 0 N–H and O–H groups in total. The van der Waals surface area contributed by atoms with Crippen LogP contribution in [0.1, 0.15) is 26.3 Å². The Kier molecular flexibility index (Phi) is 3.76. The van der Waals surface area contributed by atoms with Crippen LogP contribution in [0.2, 0.25) is 0 Å². The van der Waals surface area contributed by atoms with E-state index in [1.54, 1.807) is 0 Å². The maximum atomic E-state index is 4.77. The first-order valence-corrected chi connectivity index (χ1v) is 7.83. The van der Waals surface area contributed by atoms with Crippen molar-refractivity contribution >= 4 is 0 Å². The Morgan fingerprint density at radius 3 is 2.39 bits per heavy atom. The summed E-state index contributed by atoms with van der Waals surface area (Å²) >= 11 is 0. The third-order valence-electron chi connectivity index (χ3n) is 4.04. The van der Waals surface area contributed by atoms with E-state index in [9.17, 15) is 0 Å². The number of pyridine rings is 1. The highest BCUT2D eigenvalue weighted by atomic mass is 15.3. The summed E-state index contributed by atoms with van der Waals surface area (Å²) in [6.07, 6.45) is 2.09. The van der Waals surface area contributed by atoms with Gasteiger partial charge in [0.05, 0.1) is 0 Å². The molecule has 4 heteroatoms. The van der Waals surface area contributed by atoms with Gasteiger partial charge in [-0.05, 0) is 11.0 Å². The zero-order valence-electron chi connectivity index (χ0n) is 14.4. The van der Waals surface area contributed by atoms with Crippen molar-refractivity contribution in [2.45, 2.75) is 26.2 Å². The number of rotatable bonds is 2. The minimum Gasteiger partial charge on any atom is -0.243 e. The molecule has 0 bridgehead atoms. The summed E-state index contributed by atoms with van der Waals surface area (Å²) in [5, 5.41) is 4.58. The van der Waals surface area contributed by atoms with E-state index in [2.05, 4.69) is 48.8 Å². The molecule has 0 saturated carbocycles. The Bertz CT molecular complexity index is 826. The van der Waals surface area contributed by atoms with Crippen molar-refractivity contribution in [3.63, 3.8) is 0 Å². The second-order valence-electron chi connectivity index (χ2n) is 6.91. The highest BCUT2D eigenvalue weighted by Gasteiger charge is 2.22. The van der Waals surface area contributed by atoms with Crippen LogP contribution in [0.4, 0.5) is 0 Å². The first kappa shape index (κ1) is 15.4. The van der Waals surface area contributed by atoms with Crippen molar-refractivity contribution < 1.29 is 4.57 Å². The zero-order chi connectivity index (χ0) is 16.6. The molecule has 0 saturated heterocycles. The van der Waals surface area contributed by atoms with E-state index in [1.165, 1.54) is 5.56 Å². The van der Waals surface area contributed by atoms with Gasteiger partial charge in [-0.3, -0.25) is 0 Å². The predicted molar refractivity (Wildman–Crippen MR) is 91.8 cm³/mol. The predicted octanol–water partition coefficient (Wildman–Crippen LogP) is 3.27. The van der Waals surface area contributed by atoms with E-state index < -0.39 is 0 Å². The fraction of sp³-hybridized carbons (Fsp3) is 0.316. The van der Waals surface area contributed by atoms with E-state index in [1.807, 2.05) is 49.1 Å². The normalized spacial score (nSPS) is 11.7. The Hall–Kier alpha value is -2.49. The molecule has 2 heterocycles. The van der Waals surface area contributed by atoms with Crippen molar-refractivity contribution in [3.05, 3.63) is 54.2 Å². The molecule has 0 unspecified atom stereocenters. The van der Waals surface area contributed by atoms with Gasteiger partial charge < -0.3 is 0 Å². The summed E-state index contributed by atoms with van der Waals surface area (Å²) in [6, 6.07) is 14.4. The van der Waals surface area contributed by atoms with E-state index in [0.717, 1.165) is 22.9 Å². The number of benzene rings is 1. The highest BCUT2D eigenvalue weighted by Crippen LogP contribution is 2.25. The zero-order valence-corrected chi connectivity index (χ0v) is 14.4. The summed E-state index contributed by atoms with van der Waals surface area (Å²) in [7, 11) is 3.98. The molecule has 4 nitrogen and oxygen atoms in total. The fourth-order valence-corrected chi connectivity index (χ4v) is 2.58. The fourth-order valence-electron chi connectivity index (χ4n) is 2.58. The lowest BCUT2D eigenvalue weighted by Crippen LogP contribution is -2.32. The van der Waals surface area contributed by atoms with Gasteiger partial charge in [0.25, 0.3) is 0 Å². The van der Waals surface area contributed by atoms with Gasteiger partial charge in [-0.15, -0.1) is 0 Å². The first-order chi connectivity index (χ1) is 10.9. The largest absolute Gasteiger partial charge is 0.250 e. The summed E-state index contributed by atoms with van der Waals surface area (Å²) in [4.78, 5) is 4.77. The van der Waals surface area contributed by atoms with Crippen LogP contribution >= 0.6 is 0 Å². The van der Waals surface area contributed by atoms with Crippen LogP contribution < -0.4 is 4.57 Å². The van der Waals surface area contributed by atoms with E-state index >= 15 is 0 Å². The van der Waals surface area contributed by atoms with Crippen LogP contribution in [0, 0.1) is 0 Å². The average Bonchev–Trinajstić information content (AvgIpc) is 2.89. The molecule has 0 fully saturated rings. The minimum atomic E-state index is 0.101. The van der Waals surface area contributed by atoms with Crippen molar-refractivity contribution in [2.75, 3.05) is 0 Å². The van der Waals surface area contributed by atoms with Crippen LogP contribution in [0.3, 0.4) is 0 Å². The lowest BCUT2D eigenvalue weighted by atomic mass is 9.87. The first-order valence-electron chi connectivity index (χ1n) is 7.83. The molecule has 2 aromatic heterocycles. The molecule has 0 radical (unpaired) electrons. The van der Waals surface area contributed by atoms with Gasteiger partial charge in [-0.25, -0.2) is 9.67 Å². The molecule has 0 amide bonds. The van der Waals surface area contributed by atoms with Gasteiger partial charge in [0.1, 0.15) is 7.05 Å². The lowest BCUT2D eigenvalue weighted by molar-refractivity contribution is -0.660. The standard InChI is InChI=1S/C19H23N4/c1-19(2,3)15-11-12-22(4)16(13-15)18-20-17(21-23(18)5)14-9-7-6-8-10-14/h6-13H,1-5H3/q+1. The molecule has 0 aliphatic rings. The van der Waals surface area contributed by atoms with Crippen molar-refractivity contribution in [1.29, 1.82) is 0 Å². The second-order valence-corrected chi connectivity index (χ2v) is 6.91. The summed E-state index contributed by atoms with van der Waals surface area (Å²) in [5.41, 5.74) is 3.48. The summed E-state index contributed by atoms with van der Waals surface area (Å²) in [6.45, 7) is 6.66. The number of nitrogens with zero attached hydrogens (tertiary/aromatic N) is 4. The third-order valence-corrected chi connectivity index (χ3v) is 4.04. The average molecular weight is 307 g/mol. The molecule has 1 aromatic carbocycles. The van der Waals surface area contributed by atoms with Crippen LogP contribution in [-0.2, 0) is 19.5 Å².